The van der Waals surface area contributed by atoms with Crippen LogP contribution in [0.4, 0.5) is 0 Å². The van der Waals surface area contributed by atoms with Crippen molar-refractivity contribution < 1.29 is 4.79 Å². The topological polar surface area (TPSA) is 45.2 Å². The maximum absolute atomic E-state index is 12.5. The lowest BCUT2D eigenvalue weighted by Crippen LogP contribution is -2.48. The molecule has 0 aliphatic carbocycles. The number of likely N-dealkylation sites (N-methyl/N-ethyl adjacent to an activating group) is 1. The van der Waals surface area contributed by atoms with Gasteiger partial charge in [-0.2, -0.15) is 0 Å². The molecule has 0 saturated carbocycles. The molecule has 120 valence electrons. The Kier molecular flexibility index (Phi) is 7.29. The first kappa shape index (κ1) is 18.9. The van der Waals surface area contributed by atoms with Crippen LogP contribution in [-0.2, 0) is 24.3 Å². The summed E-state index contributed by atoms with van der Waals surface area (Å²) in [6, 6.07) is 8.16. The van der Waals surface area contributed by atoms with E-state index >= 15 is 0 Å². The highest BCUT2D eigenvalue weighted by atomic mass is 35.5. The van der Waals surface area contributed by atoms with Gasteiger partial charge < -0.3 is 10.2 Å². The molecule has 3 rings (SSSR count). The molecule has 0 spiro atoms. The number of hydrogen-bond donors (Lipinski definition) is 1. The van der Waals surface area contributed by atoms with Crippen LogP contribution in [0.2, 0.25) is 0 Å². The lowest BCUT2D eigenvalue weighted by atomic mass is 9.95. The van der Waals surface area contributed by atoms with Crippen molar-refractivity contribution in [2.45, 2.75) is 25.6 Å². The summed E-state index contributed by atoms with van der Waals surface area (Å²) in [5.74, 6) is 0.132. The van der Waals surface area contributed by atoms with Crippen molar-refractivity contribution in [2.75, 3.05) is 7.05 Å². The molecule has 0 radical (unpaired) electrons. The molecule has 1 amide bonds. The molecule has 1 aliphatic heterocycles. The van der Waals surface area contributed by atoms with Gasteiger partial charge in [-0.1, -0.05) is 24.3 Å². The van der Waals surface area contributed by atoms with Crippen LogP contribution in [0.3, 0.4) is 0 Å². The van der Waals surface area contributed by atoms with E-state index in [1.165, 1.54) is 11.1 Å². The van der Waals surface area contributed by atoms with Crippen LogP contribution in [-0.4, -0.2) is 28.9 Å². The number of carbonyl (C=O) groups is 1. The molecule has 1 atom stereocenters. The standard InChI is InChI=1S/C15H17N3OS.2ClH/c1-18(8-13-9-20-10-17-13)15(19)14-6-11-4-2-3-5-12(11)7-16-14;;/h2-5,9-10,14,16H,6-8H2,1H3;2*1H. The van der Waals surface area contributed by atoms with Crippen LogP contribution in [0.15, 0.2) is 35.2 Å². The summed E-state index contributed by atoms with van der Waals surface area (Å²) in [4.78, 5) is 18.4. The molecule has 4 nitrogen and oxygen atoms in total. The zero-order chi connectivity index (χ0) is 13.9. The minimum atomic E-state index is -0.131. The van der Waals surface area contributed by atoms with Crippen LogP contribution in [0.25, 0.3) is 0 Å². The van der Waals surface area contributed by atoms with Crippen molar-refractivity contribution in [3.05, 3.63) is 52.0 Å². The van der Waals surface area contributed by atoms with Gasteiger partial charge in [-0.05, 0) is 17.5 Å². The molecule has 7 heteroatoms. The van der Waals surface area contributed by atoms with Gasteiger partial charge in [0, 0.05) is 19.0 Å². The number of nitrogens with zero attached hydrogens (tertiary/aromatic N) is 2. The summed E-state index contributed by atoms with van der Waals surface area (Å²) in [5, 5.41) is 5.31. The van der Waals surface area contributed by atoms with Crippen LogP contribution in [0, 0.1) is 0 Å². The van der Waals surface area contributed by atoms with Gasteiger partial charge in [0.15, 0.2) is 0 Å². The number of benzene rings is 1. The zero-order valence-electron chi connectivity index (χ0n) is 12.2. The van der Waals surface area contributed by atoms with Gasteiger partial charge in [0.05, 0.1) is 23.8 Å². The first-order valence-electron chi connectivity index (χ1n) is 6.66. The van der Waals surface area contributed by atoms with Crippen molar-refractivity contribution in [3.8, 4) is 0 Å². The van der Waals surface area contributed by atoms with E-state index in [1.807, 2.05) is 24.6 Å². The number of aromatic nitrogens is 1. The number of fused-ring (bicyclic) bond motifs is 1. The Morgan fingerprint density at radius 1 is 1.36 bits per heavy atom. The van der Waals surface area contributed by atoms with Crippen molar-refractivity contribution in [2.24, 2.45) is 0 Å². The molecular weight excluding hydrogens is 341 g/mol. The Morgan fingerprint density at radius 3 is 2.77 bits per heavy atom. The van der Waals surface area contributed by atoms with E-state index in [1.54, 1.807) is 21.7 Å². The highest BCUT2D eigenvalue weighted by molar-refractivity contribution is 7.07. The molecule has 0 fully saturated rings. The molecule has 1 aromatic heterocycles. The first-order chi connectivity index (χ1) is 9.74. The molecule has 1 unspecified atom stereocenters. The summed E-state index contributed by atoms with van der Waals surface area (Å²) in [7, 11) is 1.84. The second-order valence-corrected chi connectivity index (χ2v) is 5.80. The van der Waals surface area contributed by atoms with Crippen LogP contribution in [0.1, 0.15) is 16.8 Å². The van der Waals surface area contributed by atoms with E-state index < -0.39 is 0 Å². The van der Waals surface area contributed by atoms with Gasteiger partial charge in [-0.15, -0.1) is 36.2 Å². The third-order valence-corrected chi connectivity index (χ3v) is 4.27. The van der Waals surface area contributed by atoms with E-state index in [9.17, 15) is 4.79 Å². The second-order valence-electron chi connectivity index (χ2n) is 5.08. The minimum absolute atomic E-state index is 0. The summed E-state index contributed by atoms with van der Waals surface area (Å²) >= 11 is 1.55. The SMILES string of the molecule is CN(Cc1cscn1)C(=O)C1Cc2ccccc2CN1.Cl.Cl. The number of hydrogen-bond acceptors (Lipinski definition) is 4. The summed E-state index contributed by atoms with van der Waals surface area (Å²) in [6.45, 7) is 1.33. The van der Waals surface area contributed by atoms with Crippen LogP contribution < -0.4 is 5.32 Å². The number of carbonyl (C=O) groups excluding carboxylic acids is 1. The normalized spacial score (nSPS) is 16.0. The Balaban J connectivity index is 0.00000121. The number of thiazole rings is 1. The number of rotatable bonds is 3. The van der Waals surface area contributed by atoms with Gasteiger partial charge in [-0.3, -0.25) is 4.79 Å². The minimum Gasteiger partial charge on any atom is -0.338 e. The van der Waals surface area contributed by atoms with Gasteiger partial charge >= 0.3 is 0 Å². The van der Waals surface area contributed by atoms with E-state index in [0.29, 0.717) is 6.54 Å². The average molecular weight is 360 g/mol. The van der Waals surface area contributed by atoms with Gasteiger partial charge in [0.1, 0.15) is 0 Å². The Hall–Kier alpha value is -1.14. The Labute approximate surface area is 146 Å². The first-order valence-corrected chi connectivity index (χ1v) is 7.60. The molecule has 0 saturated heterocycles. The van der Waals surface area contributed by atoms with Gasteiger partial charge in [0.2, 0.25) is 5.91 Å². The van der Waals surface area contributed by atoms with Crippen LogP contribution in [0.5, 0.6) is 0 Å². The van der Waals surface area contributed by atoms with Crippen molar-refractivity contribution >= 4 is 42.1 Å². The summed E-state index contributed by atoms with van der Waals surface area (Å²) < 4.78 is 0. The van der Waals surface area contributed by atoms with E-state index in [4.69, 9.17) is 0 Å². The highest BCUT2D eigenvalue weighted by Gasteiger charge is 2.26. The largest absolute Gasteiger partial charge is 0.338 e. The lowest BCUT2D eigenvalue weighted by Gasteiger charge is -2.28. The number of amides is 1. The fourth-order valence-electron chi connectivity index (χ4n) is 2.53. The third-order valence-electron chi connectivity index (χ3n) is 3.64. The monoisotopic (exact) mass is 359 g/mol. The maximum atomic E-state index is 12.5. The maximum Gasteiger partial charge on any atom is 0.240 e. The van der Waals surface area contributed by atoms with Crippen molar-refractivity contribution in [1.29, 1.82) is 0 Å². The quantitative estimate of drug-likeness (QED) is 0.915. The smallest absolute Gasteiger partial charge is 0.240 e. The molecular formula is C15H19Cl2N3OS. The molecule has 22 heavy (non-hydrogen) atoms. The van der Waals surface area contributed by atoms with Crippen molar-refractivity contribution in [1.82, 2.24) is 15.2 Å². The summed E-state index contributed by atoms with van der Waals surface area (Å²) in [5.41, 5.74) is 5.30. The van der Waals surface area contributed by atoms with Gasteiger partial charge in [-0.25, -0.2) is 4.98 Å². The van der Waals surface area contributed by atoms with E-state index in [0.717, 1.165) is 18.7 Å². The van der Waals surface area contributed by atoms with Gasteiger partial charge in [0.25, 0.3) is 0 Å². The molecule has 2 heterocycles. The number of nitrogens with one attached hydrogen (secondary N) is 1. The third kappa shape index (κ3) is 4.20. The highest BCUT2D eigenvalue weighted by Crippen LogP contribution is 2.17. The molecule has 2 aromatic rings. The molecule has 0 bridgehead atoms. The zero-order valence-corrected chi connectivity index (χ0v) is 14.6. The second kappa shape index (κ2) is 8.48. The lowest BCUT2D eigenvalue weighted by molar-refractivity contribution is -0.132. The predicted octanol–water partition coefficient (Wildman–Crippen LogP) is 2.66. The fourth-order valence-corrected chi connectivity index (χ4v) is 3.08. The Morgan fingerprint density at radius 2 is 2.09 bits per heavy atom. The Bertz CT molecular complexity index is 607. The summed E-state index contributed by atoms with van der Waals surface area (Å²) in [6.07, 6.45) is 0.760. The number of halogens is 2. The fraction of sp³-hybridized carbons (Fsp3) is 0.333. The van der Waals surface area contributed by atoms with Crippen molar-refractivity contribution in [3.63, 3.8) is 0 Å². The molecule has 1 aliphatic rings. The molecule has 1 aromatic carbocycles. The van der Waals surface area contributed by atoms with Crippen LogP contribution >= 0.6 is 36.2 Å². The average Bonchev–Trinajstić information content (AvgIpc) is 2.99. The predicted molar refractivity (Wildman–Crippen MR) is 93.9 cm³/mol. The molecule has 1 N–H and O–H groups in total. The van der Waals surface area contributed by atoms with E-state index in [-0.39, 0.29) is 36.8 Å². The van der Waals surface area contributed by atoms with E-state index in [2.05, 4.69) is 22.4 Å².